The lowest BCUT2D eigenvalue weighted by molar-refractivity contribution is -0.140. The van der Waals surface area contributed by atoms with E-state index in [4.69, 9.17) is 5.26 Å². The van der Waals surface area contributed by atoms with Gasteiger partial charge in [-0.05, 0) is 6.92 Å². The zero-order chi connectivity index (χ0) is 10.8. The van der Waals surface area contributed by atoms with Crippen molar-refractivity contribution in [2.24, 2.45) is 0 Å². The number of nitriles is 1. The molecule has 0 rings (SSSR count). The van der Waals surface area contributed by atoms with E-state index < -0.39 is 11.9 Å². The molecule has 0 saturated carbocycles. The first kappa shape index (κ1) is 12.2. The highest BCUT2D eigenvalue weighted by molar-refractivity contribution is 5.91. The van der Waals surface area contributed by atoms with E-state index in [1.165, 1.54) is 0 Å². The Hall–Kier alpha value is -1.83. The Morgan fingerprint density at radius 1 is 1.29 bits per heavy atom. The molecule has 0 aromatic rings. The molecule has 0 spiro atoms. The van der Waals surface area contributed by atoms with Crippen molar-refractivity contribution in [2.75, 3.05) is 13.2 Å². The monoisotopic (exact) mass is 197 g/mol. The van der Waals surface area contributed by atoms with Crippen molar-refractivity contribution in [3.8, 4) is 6.07 Å². The van der Waals surface area contributed by atoms with Gasteiger partial charge in [0.2, 0.25) is 0 Å². The lowest BCUT2D eigenvalue weighted by atomic mass is 10.5. The SMILES string of the molecule is CCOC(=O)/C=C\C(=O)OCCC#N. The summed E-state index contributed by atoms with van der Waals surface area (Å²) in [6, 6.07) is 1.82. The Bertz CT molecular complexity index is 264. The van der Waals surface area contributed by atoms with Crippen LogP contribution in [0, 0.1) is 11.3 Å². The van der Waals surface area contributed by atoms with Gasteiger partial charge in [0.05, 0.1) is 19.1 Å². The van der Waals surface area contributed by atoms with Gasteiger partial charge in [-0.1, -0.05) is 0 Å². The molecule has 0 atom stereocenters. The third kappa shape index (κ3) is 6.85. The zero-order valence-electron chi connectivity index (χ0n) is 7.86. The van der Waals surface area contributed by atoms with Crippen LogP contribution in [0.3, 0.4) is 0 Å². The van der Waals surface area contributed by atoms with Crippen molar-refractivity contribution in [1.29, 1.82) is 5.26 Å². The van der Waals surface area contributed by atoms with Crippen molar-refractivity contribution in [2.45, 2.75) is 13.3 Å². The lowest BCUT2D eigenvalue weighted by Crippen LogP contribution is -2.04. The van der Waals surface area contributed by atoms with Crippen LogP contribution < -0.4 is 0 Å². The highest BCUT2D eigenvalue weighted by atomic mass is 16.5. The molecule has 0 unspecified atom stereocenters. The molecular formula is C9H11NO4. The van der Waals surface area contributed by atoms with Gasteiger partial charge in [0.25, 0.3) is 0 Å². The molecule has 0 N–H and O–H groups in total. The minimum atomic E-state index is -0.659. The third-order valence-corrected chi connectivity index (χ3v) is 1.10. The van der Waals surface area contributed by atoms with Crippen molar-refractivity contribution >= 4 is 11.9 Å². The normalized spacial score (nSPS) is 9.43. The number of esters is 2. The van der Waals surface area contributed by atoms with Crippen LogP contribution in [0.2, 0.25) is 0 Å². The minimum absolute atomic E-state index is 0.0303. The van der Waals surface area contributed by atoms with Crippen LogP contribution in [-0.2, 0) is 19.1 Å². The predicted octanol–water partition coefficient (Wildman–Crippen LogP) is 0.563. The second kappa shape index (κ2) is 7.80. The van der Waals surface area contributed by atoms with Crippen molar-refractivity contribution in [3.05, 3.63) is 12.2 Å². The van der Waals surface area contributed by atoms with Crippen LogP contribution >= 0.6 is 0 Å². The molecule has 0 saturated heterocycles. The first-order valence-electron chi connectivity index (χ1n) is 4.09. The summed E-state index contributed by atoms with van der Waals surface area (Å²) in [4.78, 5) is 21.5. The molecule has 5 heteroatoms. The van der Waals surface area contributed by atoms with Gasteiger partial charge >= 0.3 is 11.9 Å². The molecule has 76 valence electrons. The first-order valence-corrected chi connectivity index (χ1v) is 4.09. The first-order chi connectivity index (χ1) is 6.70. The fraction of sp³-hybridized carbons (Fsp3) is 0.444. The predicted molar refractivity (Wildman–Crippen MR) is 47.0 cm³/mol. The Morgan fingerprint density at radius 2 is 1.86 bits per heavy atom. The summed E-state index contributed by atoms with van der Waals surface area (Å²) in [6.07, 6.45) is 2.09. The van der Waals surface area contributed by atoms with Gasteiger partial charge in [-0.15, -0.1) is 0 Å². The van der Waals surface area contributed by atoms with Crippen molar-refractivity contribution < 1.29 is 19.1 Å². The summed E-state index contributed by atoms with van der Waals surface area (Å²) < 4.78 is 9.09. The fourth-order valence-corrected chi connectivity index (χ4v) is 0.572. The number of carbonyl (C=O) groups is 2. The van der Waals surface area contributed by atoms with Gasteiger partial charge in [0, 0.05) is 12.2 Å². The lowest BCUT2D eigenvalue weighted by Gasteiger charge is -1.96. The van der Waals surface area contributed by atoms with Gasteiger partial charge in [-0.25, -0.2) is 9.59 Å². The molecular weight excluding hydrogens is 186 g/mol. The molecule has 0 radical (unpaired) electrons. The Balaban J connectivity index is 3.71. The van der Waals surface area contributed by atoms with Crippen LogP contribution in [0.5, 0.6) is 0 Å². The number of carbonyl (C=O) groups excluding carboxylic acids is 2. The van der Waals surface area contributed by atoms with Gasteiger partial charge in [0.1, 0.15) is 6.61 Å². The number of rotatable bonds is 5. The molecule has 0 aliphatic rings. The zero-order valence-corrected chi connectivity index (χ0v) is 7.86. The Morgan fingerprint density at radius 3 is 2.36 bits per heavy atom. The minimum Gasteiger partial charge on any atom is -0.463 e. The third-order valence-electron chi connectivity index (χ3n) is 1.10. The van der Waals surface area contributed by atoms with E-state index in [1.807, 2.05) is 6.07 Å². The van der Waals surface area contributed by atoms with Gasteiger partial charge in [0.15, 0.2) is 0 Å². The molecule has 0 aliphatic heterocycles. The van der Waals surface area contributed by atoms with E-state index in [-0.39, 0.29) is 19.6 Å². The number of ether oxygens (including phenoxy) is 2. The van der Waals surface area contributed by atoms with E-state index in [1.54, 1.807) is 6.92 Å². The molecule has 0 heterocycles. The second-order valence-electron chi connectivity index (χ2n) is 2.16. The van der Waals surface area contributed by atoms with E-state index in [0.29, 0.717) is 0 Å². The highest BCUT2D eigenvalue weighted by Crippen LogP contribution is 1.86. The standard InChI is InChI=1S/C9H11NO4/c1-2-13-8(11)4-5-9(12)14-7-3-6-10/h4-5H,2-3,7H2,1H3/b5-4-. The molecule has 0 fully saturated rings. The van der Waals surface area contributed by atoms with Crippen LogP contribution in [0.4, 0.5) is 0 Å². The largest absolute Gasteiger partial charge is 0.463 e. The molecule has 0 amide bonds. The molecule has 0 bridgehead atoms. The molecule has 5 nitrogen and oxygen atoms in total. The van der Waals surface area contributed by atoms with E-state index in [2.05, 4.69) is 9.47 Å². The number of nitrogens with zero attached hydrogens (tertiary/aromatic N) is 1. The maximum atomic E-state index is 10.8. The topological polar surface area (TPSA) is 76.4 Å². The summed E-state index contributed by atoms with van der Waals surface area (Å²) >= 11 is 0. The van der Waals surface area contributed by atoms with Crippen LogP contribution in [0.1, 0.15) is 13.3 Å². The van der Waals surface area contributed by atoms with Gasteiger partial charge in [-0.2, -0.15) is 5.26 Å². The summed E-state index contributed by atoms with van der Waals surface area (Å²) in [7, 11) is 0. The highest BCUT2D eigenvalue weighted by Gasteiger charge is 1.99. The van der Waals surface area contributed by atoms with Gasteiger partial charge < -0.3 is 9.47 Å². The number of hydrogen-bond donors (Lipinski definition) is 0. The smallest absolute Gasteiger partial charge is 0.331 e. The van der Waals surface area contributed by atoms with Crippen LogP contribution in [0.15, 0.2) is 12.2 Å². The second-order valence-corrected chi connectivity index (χ2v) is 2.16. The van der Waals surface area contributed by atoms with Gasteiger partial charge in [-0.3, -0.25) is 0 Å². The maximum absolute atomic E-state index is 10.8. The average molecular weight is 197 g/mol. The number of hydrogen-bond acceptors (Lipinski definition) is 5. The van der Waals surface area contributed by atoms with E-state index in [9.17, 15) is 9.59 Å². The Kier molecular flexibility index (Phi) is 6.78. The molecule has 14 heavy (non-hydrogen) atoms. The average Bonchev–Trinajstić information content (AvgIpc) is 2.16. The maximum Gasteiger partial charge on any atom is 0.331 e. The summed E-state index contributed by atoms with van der Waals surface area (Å²) in [5, 5.41) is 8.13. The van der Waals surface area contributed by atoms with Crippen LogP contribution in [-0.4, -0.2) is 25.2 Å². The Labute approximate surface area is 81.9 Å². The van der Waals surface area contributed by atoms with Crippen LogP contribution in [0.25, 0.3) is 0 Å². The summed E-state index contributed by atoms with van der Waals surface area (Å²) in [5.74, 6) is -1.25. The quantitative estimate of drug-likeness (QED) is 0.365. The molecule has 0 aromatic carbocycles. The molecule has 0 aliphatic carbocycles. The van der Waals surface area contributed by atoms with Crippen molar-refractivity contribution in [3.63, 3.8) is 0 Å². The fourth-order valence-electron chi connectivity index (χ4n) is 0.572. The van der Waals surface area contributed by atoms with E-state index in [0.717, 1.165) is 12.2 Å². The summed E-state index contributed by atoms with van der Waals surface area (Å²) in [5.41, 5.74) is 0. The summed E-state index contributed by atoms with van der Waals surface area (Å²) in [6.45, 7) is 1.95. The van der Waals surface area contributed by atoms with E-state index >= 15 is 0 Å². The molecule has 0 aromatic heterocycles. The van der Waals surface area contributed by atoms with Crippen molar-refractivity contribution in [1.82, 2.24) is 0 Å².